The molecule has 0 unspecified atom stereocenters. The first-order valence-electron chi connectivity index (χ1n) is 4.89. The van der Waals surface area contributed by atoms with Crippen LogP contribution in [-0.2, 0) is 18.4 Å². The third-order valence-electron chi connectivity index (χ3n) is 2.14. The second-order valence-electron chi connectivity index (χ2n) is 3.42. The van der Waals surface area contributed by atoms with Gasteiger partial charge in [0.05, 0.1) is 4.47 Å². The molecular formula is C10H8Br2N4O2. The Hall–Kier alpha value is -1.28. The van der Waals surface area contributed by atoms with Gasteiger partial charge in [-0.15, -0.1) is 10.2 Å². The summed E-state index contributed by atoms with van der Waals surface area (Å²) in [5.41, 5.74) is 0.223. The Labute approximate surface area is 120 Å². The van der Waals surface area contributed by atoms with Gasteiger partial charge in [0.1, 0.15) is 6.33 Å². The molecule has 8 heteroatoms. The first-order chi connectivity index (χ1) is 8.58. The number of nitrogens with zero attached hydrogens (tertiary/aromatic N) is 4. The highest BCUT2D eigenvalue weighted by atomic mass is 79.9. The molecule has 94 valence electrons. The van der Waals surface area contributed by atoms with Crippen molar-refractivity contribution in [3.8, 4) is 0 Å². The molecule has 2 heterocycles. The number of hydrogen-bond acceptors (Lipinski definition) is 5. The van der Waals surface area contributed by atoms with E-state index in [9.17, 15) is 4.79 Å². The molecule has 18 heavy (non-hydrogen) atoms. The minimum absolute atomic E-state index is 0.0551. The zero-order valence-electron chi connectivity index (χ0n) is 9.30. The van der Waals surface area contributed by atoms with Crippen LogP contribution in [0.5, 0.6) is 0 Å². The predicted molar refractivity (Wildman–Crippen MR) is 69.8 cm³/mol. The Kier molecular flexibility index (Phi) is 4.07. The van der Waals surface area contributed by atoms with Gasteiger partial charge in [0.15, 0.2) is 18.1 Å². The fraction of sp³-hybridized carbons (Fsp3) is 0.200. The number of rotatable bonds is 3. The van der Waals surface area contributed by atoms with Crippen molar-refractivity contribution in [3.05, 3.63) is 39.1 Å². The van der Waals surface area contributed by atoms with E-state index in [1.165, 1.54) is 12.5 Å². The molecule has 0 saturated heterocycles. The minimum atomic E-state index is -0.516. The standard InChI is InChI=1S/C10H8Br2N4O2/c1-16-5-14-15-8(16)4-18-10(17)9-7(12)2-6(11)3-13-9/h2-3,5H,4H2,1H3. The Morgan fingerprint density at radius 1 is 1.50 bits per heavy atom. The van der Waals surface area contributed by atoms with Crippen LogP contribution in [0.15, 0.2) is 27.5 Å². The molecule has 0 radical (unpaired) electrons. The fourth-order valence-electron chi connectivity index (χ4n) is 1.20. The van der Waals surface area contributed by atoms with Crippen molar-refractivity contribution in [1.82, 2.24) is 19.7 Å². The second-order valence-corrected chi connectivity index (χ2v) is 5.19. The summed E-state index contributed by atoms with van der Waals surface area (Å²) in [6.07, 6.45) is 3.07. The SMILES string of the molecule is Cn1cnnc1COC(=O)c1ncc(Br)cc1Br. The van der Waals surface area contributed by atoms with E-state index in [1.54, 1.807) is 17.7 Å². The first kappa shape index (κ1) is 13.2. The monoisotopic (exact) mass is 374 g/mol. The third kappa shape index (κ3) is 2.94. The number of hydrogen-bond donors (Lipinski definition) is 0. The molecule has 0 N–H and O–H groups in total. The van der Waals surface area contributed by atoms with Crippen LogP contribution in [0.1, 0.15) is 16.3 Å². The lowest BCUT2D eigenvalue weighted by molar-refractivity contribution is 0.0450. The zero-order chi connectivity index (χ0) is 13.1. The Bertz CT molecular complexity index is 585. The lowest BCUT2D eigenvalue weighted by Gasteiger charge is -2.05. The number of pyridine rings is 1. The van der Waals surface area contributed by atoms with Crippen LogP contribution in [-0.4, -0.2) is 25.7 Å². The molecule has 0 saturated carbocycles. The third-order valence-corrected chi connectivity index (χ3v) is 3.18. The fourth-order valence-corrected chi connectivity index (χ4v) is 2.35. The van der Waals surface area contributed by atoms with E-state index in [-0.39, 0.29) is 12.3 Å². The van der Waals surface area contributed by atoms with Crippen molar-refractivity contribution in [1.29, 1.82) is 0 Å². The molecule has 0 aromatic carbocycles. The summed E-state index contributed by atoms with van der Waals surface area (Å²) < 4.78 is 8.13. The Balaban J connectivity index is 2.06. The van der Waals surface area contributed by atoms with Gasteiger partial charge in [0.2, 0.25) is 0 Å². The molecule has 0 fully saturated rings. The normalized spacial score (nSPS) is 10.4. The van der Waals surface area contributed by atoms with E-state index < -0.39 is 5.97 Å². The number of aryl methyl sites for hydroxylation is 1. The highest BCUT2D eigenvalue weighted by Crippen LogP contribution is 2.20. The maximum atomic E-state index is 11.8. The number of esters is 1. The molecular weight excluding hydrogens is 368 g/mol. The molecule has 0 aliphatic heterocycles. The molecule has 2 aromatic heterocycles. The minimum Gasteiger partial charge on any atom is -0.453 e. The van der Waals surface area contributed by atoms with Crippen LogP contribution in [0.3, 0.4) is 0 Å². The number of carbonyl (C=O) groups excluding carboxylic acids is 1. The summed E-state index contributed by atoms with van der Waals surface area (Å²) in [5, 5.41) is 7.51. The summed E-state index contributed by atoms with van der Waals surface area (Å²) in [6, 6.07) is 1.73. The van der Waals surface area contributed by atoms with Crippen LogP contribution in [0.4, 0.5) is 0 Å². The van der Waals surface area contributed by atoms with Crippen molar-refractivity contribution in [3.63, 3.8) is 0 Å². The Morgan fingerprint density at radius 3 is 2.89 bits per heavy atom. The molecule has 0 amide bonds. The largest absolute Gasteiger partial charge is 0.453 e. The van der Waals surface area contributed by atoms with Gasteiger partial charge in [-0.25, -0.2) is 9.78 Å². The highest BCUT2D eigenvalue weighted by molar-refractivity contribution is 9.11. The van der Waals surface area contributed by atoms with E-state index in [2.05, 4.69) is 47.0 Å². The van der Waals surface area contributed by atoms with E-state index in [1.807, 2.05) is 0 Å². The maximum absolute atomic E-state index is 11.8. The number of aromatic nitrogens is 4. The summed E-state index contributed by atoms with van der Waals surface area (Å²) in [6.45, 7) is 0.0551. The van der Waals surface area contributed by atoms with E-state index in [0.717, 1.165) is 4.47 Å². The van der Waals surface area contributed by atoms with Crippen LogP contribution in [0.2, 0.25) is 0 Å². The van der Waals surface area contributed by atoms with Gasteiger partial charge < -0.3 is 9.30 Å². The predicted octanol–water partition coefficient (Wildman–Crippen LogP) is 2.09. The van der Waals surface area contributed by atoms with Gasteiger partial charge in [-0.3, -0.25) is 0 Å². The Morgan fingerprint density at radius 2 is 2.28 bits per heavy atom. The van der Waals surface area contributed by atoms with E-state index in [4.69, 9.17) is 4.74 Å². The molecule has 0 bridgehead atoms. The molecule has 2 aromatic rings. The van der Waals surface area contributed by atoms with Gasteiger partial charge >= 0.3 is 5.97 Å². The molecule has 0 aliphatic rings. The van der Waals surface area contributed by atoms with Crippen LogP contribution < -0.4 is 0 Å². The topological polar surface area (TPSA) is 69.9 Å². The number of carbonyl (C=O) groups is 1. The van der Waals surface area contributed by atoms with Crippen LogP contribution >= 0.6 is 31.9 Å². The molecule has 0 spiro atoms. The van der Waals surface area contributed by atoms with Crippen molar-refractivity contribution < 1.29 is 9.53 Å². The first-order valence-corrected chi connectivity index (χ1v) is 6.47. The summed E-state index contributed by atoms with van der Waals surface area (Å²) >= 11 is 6.51. The van der Waals surface area contributed by atoms with Crippen LogP contribution in [0, 0.1) is 0 Å². The van der Waals surface area contributed by atoms with Crippen molar-refractivity contribution in [2.75, 3.05) is 0 Å². The van der Waals surface area contributed by atoms with E-state index >= 15 is 0 Å². The smallest absolute Gasteiger partial charge is 0.358 e. The highest BCUT2D eigenvalue weighted by Gasteiger charge is 2.14. The molecule has 6 nitrogen and oxygen atoms in total. The van der Waals surface area contributed by atoms with Gasteiger partial charge in [-0.05, 0) is 37.9 Å². The number of ether oxygens (including phenoxy) is 1. The molecule has 0 atom stereocenters. The van der Waals surface area contributed by atoms with Gasteiger partial charge in [-0.2, -0.15) is 0 Å². The van der Waals surface area contributed by atoms with Crippen molar-refractivity contribution >= 4 is 37.8 Å². The zero-order valence-corrected chi connectivity index (χ0v) is 12.5. The molecule has 2 rings (SSSR count). The summed E-state index contributed by atoms with van der Waals surface area (Å²) in [7, 11) is 1.77. The average Bonchev–Trinajstić information content (AvgIpc) is 2.72. The lowest BCUT2D eigenvalue weighted by Crippen LogP contribution is -2.10. The maximum Gasteiger partial charge on any atom is 0.358 e. The number of halogens is 2. The summed E-state index contributed by atoms with van der Waals surface area (Å²) in [5.74, 6) is 0.0500. The average molecular weight is 376 g/mol. The molecule has 0 aliphatic carbocycles. The van der Waals surface area contributed by atoms with Gasteiger partial charge in [-0.1, -0.05) is 0 Å². The van der Waals surface area contributed by atoms with E-state index in [0.29, 0.717) is 10.3 Å². The lowest BCUT2D eigenvalue weighted by atomic mass is 10.3. The van der Waals surface area contributed by atoms with Gasteiger partial charge in [0.25, 0.3) is 0 Å². The second kappa shape index (κ2) is 5.57. The van der Waals surface area contributed by atoms with Gasteiger partial charge in [0, 0.05) is 17.7 Å². The van der Waals surface area contributed by atoms with Crippen LogP contribution in [0.25, 0.3) is 0 Å². The summed E-state index contributed by atoms with van der Waals surface area (Å²) in [4.78, 5) is 15.8. The van der Waals surface area contributed by atoms with Crippen molar-refractivity contribution in [2.45, 2.75) is 6.61 Å². The van der Waals surface area contributed by atoms with Crippen molar-refractivity contribution in [2.24, 2.45) is 7.05 Å². The quantitative estimate of drug-likeness (QED) is 0.768.